The normalized spacial score (nSPS) is 19.8. The smallest absolute Gasteiger partial charge is 0.0931 e. The fourth-order valence-electron chi connectivity index (χ4n) is 2.31. The first-order valence-corrected chi connectivity index (χ1v) is 7.13. The van der Waals surface area contributed by atoms with E-state index in [9.17, 15) is 5.11 Å². The second kappa shape index (κ2) is 5.67. The van der Waals surface area contributed by atoms with Gasteiger partial charge in [0, 0.05) is 18.0 Å². The Bertz CT molecular complexity index is 363. The van der Waals surface area contributed by atoms with Crippen molar-refractivity contribution >= 4 is 22.9 Å². The first-order chi connectivity index (χ1) is 8.07. The van der Waals surface area contributed by atoms with E-state index in [0.717, 1.165) is 43.4 Å². The van der Waals surface area contributed by atoms with Crippen LogP contribution in [0, 0.1) is 0 Å². The molecule has 0 bridgehead atoms. The molecule has 3 nitrogen and oxygen atoms in total. The van der Waals surface area contributed by atoms with Gasteiger partial charge in [0.1, 0.15) is 0 Å². The summed E-state index contributed by atoms with van der Waals surface area (Å²) < 4.78 is 0.828. The van der Waals surface area contributed by atoms with Gasteiger partial charge in [-0.15, -0.1) is 11.3 Å². The average molecular weight is 275 g/mol. The first-order valence-electron chi connectivity index (χ1n) is 5.93. The molecule has 1 saturated heterocycles. The molecule has 2 rings (SSSR count). The van der Waals surface area contributed by atoms with Gasteiger partial charge in [0.2, 0.25) is 0 Å². The highest BCUT2D eigenvalue weighted by molar-refractivity contribution is 7.16. The maximum atomic E-state index is 10.4. The highest BCUT2D eigenvalue weighted by Crippen LogP contribution is 2.24. The highest BCUT2D eigenvalue weighted by atomic mass is 35.5. The maximum Gasteiger partial charge on any atom is 0.0931 e. The number of thiophene rings is 1. The van der Waals surface area contributed by atoms with Crippen LogP contribution in [0.25, 0.3) is 0 Å². The van der Waals surface area contributed by atoms with Crippen LogP contribution in [0.1, 0.15) is 17.7 Å². The van der Waals surface area contributed by atoms with Gasteiger partial charge >= 0.3 is 0 Å². The third-order valence-electron chi connectivity index (χ3n) is 3.15. The lowest BCUT2D eigenvalue weighted by atomic mass is 9.92. The minimum Gasteiger partial charge on any atom is -0.388 e. The average Bonchev–Trinajstić information content (AvgIpc) is 2.63. The van der Waals surface area contributed by atoms with E-state index in [4.69, 9.17) is 11.6 Å². The van der Waals surface area contributed by atoms with E-state index in [1.165, 1.54) is 4.88 Å². The number of likely N-dealkylation sites (N-methyl/N-ethyl adjacent to an activating group) is 1. The fraction of sp³-hybridized carbons (Fsp3) is 0.667. The Morgan fingerprint density at radius 2 is 2.18 bits per heavy atom. The number of halogens is 1. The standard InChI is InChI=1S/C12H19ClN2OS/c1-15(8-10-2-3-11(13)17-10)9-12(16)4-6-14-7-5-12/h2-3,14,16H,4-9H2,1H3. The highest BCUT2D eigenvalue weighted by Gasteiger charge is 2.30. The second-order valence-electron chi connectivity index (χ2n) is 4.85. The molecule has 0 spiro atoms. The summed E-state index contributed by atoms with van der Waals surface area (Å²) in [4.78, 5) is 3.42. The molecular weight excluding hydrogens is 256 g/mol. The lowest BCUT2D eigenvalue weighted by Gasteiger charge is -2.35. The second-order valence-corrected chi connectivity index (χ2v) is 6.65. The molecule has 0 aromatic carbocycles. The minimum atomic E-state index is -0.527. The summed E-state index contributed by atoms with van der Waals surface area (Å²) in [5.41, 5.74) is -0.527. The van der Waals surface area contributed by atoms with E-state index < -0.39 is 5.60 Å². The predicted molar refractivity (Wildman–Crippen MR) is 72.7 cm³/mol. The molecule has 1 aromatic heterocycles. The summed E-state index contributed by atoms with van der Waals surface area (Å²) in [5.74, 6) is 0. The van der Waals surface area contributed by atoms with Crippen LogP contribution >= 0.6 is 22.9 Å². The van der Waals surface area contributed by atoms with Crippen molar-refractivity contribution in [2.24, 2.45) is 0 Å². The molecular formula is C12H19ClN2OS. The third kappa shape index (κ3) is 3.93. The first kappa shape index (κ1) is 13.3. The molecule has 0 saturated carbocycles. The molecule has 1 aromatic rings. The zero-order valence-corrected chi connectivity index (χ0v) is 11.7. The van der Waals surface area contributed by atoms with Crippen LogP contribution in [-0.2, 0) is 6.54 Å². The zero-order valence-electron chi connectivity index (χ0n) is 10.1. The Morgan fingerprint density at radius 3 is 2.76 bits per heavy atom. The van der Waals surface area contributed by atoms with Gasteiger partial charge in [0.25, 0.3) is 0 Å². The Labute approximate surface area is 111 Å². The predicted octanol–water partition coefficient (Wildman–Crippen LogP) is 1.95. The molecule has 1 fully saturated rings. The molecule has 0 atom stereocenters. The molecule has 2 heterocycles. The van der Waals surface area contributed by atoms with Gasteiger partial charge in [-0.2, -0.15) is 0 Å². The number of hydrogen-bond acceptors (Lipinski definition) is 4. The molecule has 0 aliphatic carbocycles. The van der Waals surface area contributed by atoms with Crippen LogP contribution in [0.3, 0.4) is 0 Å². The molecule has 0 unspecified atom stereocenters. The number of piperidine rings is 1. The molecule has 96 valence electrons. The number of rotatable bonds is 4. The zero-order chi connectivity index (χ0) is 12.3. The monoisotopic (exact) mass is 274 g/mol. The number of nitrogens with one attached hydrogen (secondary N) is 1. The van der Waals surface area contributed by atoms with Crippen molar-refractivity contribution in [3.63, 3.8) is 0 Å². The van der Waals surface area contributed by atoms with Crippen molar-refractivity contribution in [2.45, 2.75) is 25.0 Å². The number of hydrogen-bond donors (Lipinski definition) is 2. The Balaban J connectivity index is 1.85. The Kier molecular flexibility index (Phi) is 4.44. The Morgan fingerprint density at radius 1 is 1.47 bits per heavy atom. The van der Waals surface area contributed by atoms with E-state index in [1.807, 2.05) is 13.1 Å². The van der Waals surface area contributed by atoms with Gasteiger partial charge in [0.05, 0.1) is 9.94 Å². The minimum absolute atomic E-state index is 0.527. The van der Waals surface area contributed by atoms with E-state index in [0.29, 0.717) is 0 Å². The molecule has 1 aliphatic rings. The number of aliphatic hydroxyl groups is 1. The van der Waals surface area contributed by atoms with Gasteiger partial charge in [0.15, 0.2) is 0 Å². The lowest BCUT2D eigenvalue weighted by Crippen LogP contribution is -2.48. The van der Waals surface area contributed by atoms with Crippen LogP contribution in [0.2, 0.25) is 4.34 Å². The lowest BCUT2D eigenvalue weighted by molar-refractivity contribution is -0.0166. The van der Waals surface area contributed by atoms with E-state index in [1.54, 1.807) is 11.3 Å². The van der Waals surface area contributed by atoms with Crippen molar-refractivity contribution in [3.05, 3.63) is 21.3 Å². The van der Waals surface area contributed by atoms with Crippen molar-refractivity contribution in [3.8, 4) is 0 Å². The van der Waals surface area contributed by atoms with Crippen LogP contribution < -0.4 is 5.32 Å². The van der Waals surface area contributed by atoms with Crippen LogP contribution in [0.15, 0.2) is 12.1 Å². The van der Waals surface area contributed by atoms with Crippen LogP contribution in [0.5, 0.6) is 0 Å². The summed E-state index contributed by atoms with van der Waals surface area (Å²) in [7, 11) is 2.05. The van der Waals surface area contributed by atoms with E-state index in [2.05, 4.69) is 16.3 Å². The van der Waals surface area contributed by atoms with Crippen molar-refractivity contribution in [2.75, 3.05) is 26.7 Å². The molecule has 5 heteroatoms. The quantitative estimate of drug-likeness (QED) is 0.881. The van der Waals surface area contributed by atoms with Gasteiger partial charge < -0.3 is 10.4 Å². The van der Waals surface area contributed by atoms with Crippen LogP contribution in [-0.4, -0.2) is 42.3 Å². The fourth-order valence-corrected chi connectivity index (χ4v) is 3.48. The van der Waals surface area contributed by atoms with Gasteiger partial charge in [-0.1, -0.05) is 11.6 Å². The van der Waals surface area contributed by atoms with Crippen molar-refractivity contribution < 1.29 is 5.11 Å². The van der Waals surface area contributed by atoms with Gasteiger partial charge in [-0.05, 0) is 45.1 Å². The summed E-state index contributed by atoms with van der Waals surface area (Å²) in [6, 6.07) is 3.98. The summed E-state index contributed by atoms with van der Waals surface area (Å²) in [6.45, 7) is 3.40. The molecule has 2 N–H and O–H groups in total. The van der Waals surface area contributed by atoms with E-state index in [-0.39, 0.29) is 0 Å². The number of nitrogens with zero attached hydrogens (tertiary/aromatic N) is 1. The van der Waals surface area contributed by atoms with Gasteiger partial charge in [-0.3, -0.25) is 4.90 Å². The summed E-state index contributed by atoms with van der Waals surface area (Å²) >= 11 is 7.51. The molecule has 1 aliphatic heterocycles. The molecule has 0 radical (unpaired) electrons. The molecule has 17 heavy (non-hydrogen) atoms. The Hall–Kier alpha value is -0.130. The largest absolute Gasteiger partial charge is 0.388 e. The third-order valence-corrected chi connectivity index (χ3v) is 4.37. The van der Waals surface area contributed by atoms with E-state index >= 15 is 0 Å². The SMILES string of the molecule is CN(Cc1ccc(Cl)s1)CC1(O)CCNCC1. The topological polar surface area (TPSA) is 35.5 Å². The van der Waals surface area contributed by atoms with Crippen LogP contribution in [0.4, 0.5) is 0 Å². The van der Waals surface area contributed by atoms with Crippen molar-refractivity contribution in [1.82, 2.24) is 10.2 Å². The summed E-state index contributed by atoms with van der Waals surface area (Å²) in [5, 5.41) is 13.7. The van der Waals surface area contributed by atoms with Gasteiger partial charge in [-0.25, -0.2) is 0 Å². The maximum absolute atomic E-state index is 10.4. The van der Waals surface area contributed by atoms with Crippen molar-refractivity contribution in [1.29, 1.82) is 0 Å². The summed E-state index contributed by atoms with van der Waals surface area (Å²) in [6.07, 6.45) is 1.67. The molecule has 0 amide bonds.